The molecule has 2 N–H and O–H groups in total. The van der Waals surface area contributed by atoms with Gasteiger partial charge in [0.2, 0.25) is 0 Å². The van der Waals surface area contributed by atoms with Crippen molar-refractivity contribution in [1.82, 2.24) is 15.5 Å². The molecule has 2 aliphatic rings. The van der Waals surface area contributed by atoms with Gasteiger partial charge >= 0.3 is 0 Å². The van der Waals surface area contributed by atoms with Gasteiger partial charge in [-0.15, -0.1) is 0 Å². The highest BCUT2D eigenvalue weighted by molar-refractivity contribution is 5.80. The molecule has 1 aromatic rings. The number of anilines is 1. The van der Waals surface area contributed by atoms with Gasteiger partial charge in [-0.05, 0) is 64.4 Å². The second-order valence-electron chi connectivity index (χ2n) is 7.07. The number of nitrogens with zero attached hydrogens (tertiary/aromatic N) is 3. The van der Waals surface area contributed by atoms with Crippen LogP contribution in [0.4, 0.5) is 5.69 Å². The quantitative estimate of drug-likeness (QED) is 0.453. The second kappa shape index (κ2) is 9.66. The van der Waals surface area contributed by atoms with E-state index in [1.165, 1.54) is 38.2 Å². The Morgan fingerprint density at radius 3 is 2.72 bits per heavy atom. The molecule has 138 valence electrons. The summed E-state index contributed by atoms with van der Waals surface area (Å²) < 4.78 is 0. The number of para-hydroxylation sites is 1. The molecule has 2 heterocycles. The molecule has 0 aromatic heterocycles. The van der Waals surface area contributed by atoms with Crippen LogP contribution in [0.2, 0.25) is 0 Å². The maximum Gasteiger partial charge on any atom is 0.191 e. The largest absolute Gasteiger partial charge is 0.369 e. The fraction of sp³-hybridized carbons (Fsp3) is 0.650. The molecule has 2 saturated heterocycles. The highest BCUT2D eigenvalue weighted by atomic mass is 15.2. The molecule has 0 spiro atoms. The van der Waals surface area contributed by atoms with Gasteiger partial charge in [0.1, 0.15) is 0 Å². The summed E-state index contributed by atoms with van der Waals surface area (Å²) in [6.07, 6.45) is 5.05. The lowest BCUT2D eigenvalue weighted by molar-refractivity contribution is 0.336. The minimum atomic E-state index is 0.469. The predicted molar refractivity (Wildman–Crippen MR) is 106 cm³/mol. The van der Waals surface area contributed by atoms with Crippen molar-refractivity contribution >= 4 is 11.6 Å². The summed E-state index contributed by atoms with van der Waals surface area (Å²) in [5.74, 6) is 0.976. The molecule has 0 saturated carbocycles. The molecule has 1 unspecified atom stereocenters. The molecule has 1 aromatic carbocycles. The van der Waals surface area contributed by atoms with Crippen molar-refractivity contribution in [2.75, 3.05) is 50.7 Å². The first-order valence-electron chi connectivity index (χ1n) is 9.92. The topological polar surface area (TPSA) is 42.9 Å². The van der Waals surface area contributed by atoms with Gasteiger partial charge in [0.15, 0.2) is 5.96 Å². The van der Waals surface area contributed by atoms with E-state index in [-0.39, 0.29) is 0 Å². The highest BCUT2D eigenvalue weighted by Gasteiger charge is 2.23. The Kier molecular flexibility index (Phi) is 6.98. The summed E-state index contributed by atoms with van der Waals surface area (Å²) in [5.41, 5.74) is 1.32. The third kappa shape index (κ3) is 5.63. The lowest BCUT2D eigenvalue weighted by Gasteiger charge is -2.20. The normalized spacial score (nSPS) is 21.7. The Hall–Kier alpha value is -1.75. The lowest BCUT2D eigenvalue weighted by Crippen LogP contribution is -2.44. The van der Waals surface area contributed by atoms with E-state index in [0.717, 1.165) is 45.0 Å². The van der Waals surface area contributed by atoms with Crippen LogP contribution in [-0.2, 0) is 0 Å². The predicted octanol–water partition coefficient (Wildman–Crippen LogP) is 2.31. The smallest absolute Gasteiger partial charge is 0.191 e. The number of rotatable bonds is 7. The van der Waals surface area contributed by atoms with Gasteiger partial charge in [-0.3, -0.25) is 4.99 Å². The Balaban J connectivity index is 1.43. The van der Waals surface area contributed by atoms with Gasteiger partial charge in [0, 0.05) is 37.9 Å². The van der Waals surface area contributed by atoms with E-state index >= 15 is 0 Å². The summed E-state index contributed by atoms with van der Waals surface area (Å²) in [4.78, 5) is 9.80. The first-order valence-corrected chi connectivity index (χ1v) is 9.92. The van der Waals surface area contributed by atoms with Crippen molar-refractivity contribution in [2.45, 2.75) is 38.6 Å². The van der Waals surface area contributed by atoms with E-state index in [9.17, 15) is 0 Å². The number of hydrogen-bond donors (Lipinski definition) is 2. The third-order valence-corrected chi connectivity index (χ3v) is 5.10. The van der Waals surface area contributed by atoms with Gasteiger partial charge in [-0.25, -0.2) is 0 Å². The molecule has 25 heavy (non-hydrogen) atoms. The molecule has 5 heteroatoms. The van der Waals surface area contributed by atoms with Crippen molar-refractivity contribution in [3.63, 3.8) is 0 Å². The van der Waals surface area contributed by atoms with Crippen molar-refractivity contribution < 1.29 is 0 Å². The maximum absolute atomic E-state index is 4.78. The monoisotopic (exact) mass is 343 g/mol. The first kappa shape index (κ1) is 18.1. The van der Waals surface area contributed by atoms with E-state index in [1.54, 1.807) is 0 Å². The minimum Gasteiger partial charge on any atom is -0.369 e. The molecule has 3 rings (SSSR count). The average Bonchev–Trinajstić information content (AvgIpc) is 3.31. The van der Waals surface area contributed by atoms with Crippen LogP contribution in [0.5, 0.6) is 0 Å². The van der Waals surface area contributed by atoms with Crippen molar-refractivity contribution in [3.05, 3.63) is 30.3 Å². The molecule has 0 radical (unpaired) electrons. The molecule has 2 aliphatic heterocycles. The van der Waals surface area contributed by atoms with Crippen LogP contribution in [0.1, 0.15) is 32.6 Å². The van der Waals surface area contributed by atoms with Crippen LogP contribution < -0.4 is 15.5 Å². The van der Waals surface area contributed by atoms with E-state index < -0.39 is 0 Å². The van der Waals surface area contributed by atoms with Crippen LogP contribution >= 0.6 is 0 Å². The second-order valence-corrected chi connectivity index (χ2v) is 7.07. The Bertz CT molecular complexity index is 524. The van der Waals surface area contributed by atoms with Crippen LogP contribution in [0, 0.1) is 0 Å². The van der Waals surface area contributed by atoms with E-state index in [4.69, 9.17) is 4.99 Å². The molecular formula is C20H33N5. The summed E-state index contributed by atoms with van der Waals surface area (Å²) in [6.45, 7) is 9.84. The third-order valence-electron chi connectivity index (χ3n) is 5.10. The minimum absolute atomic E-state index is 0.469. The number of benzene rings is 1. The number of aliphatic imine (C=N–C) groups is 1. The molecule has 2 fully saturated rings. The Labute approximate surface area is 152 Å². The van der Waals surface area contributed by atoms with Crippen LogP contribution in [0.15, 0.2) is 35.3 Å². The first-order chi connectivity index (χ1) is 12.3. The zero-order valence-electron chi connectivity index (χ0n) is 15.6. The molecule has 0 aliphatic carbocycles. The standard InChI is InChI=1S/C20H33N5/c1-2-21-20(22-12-8-15-24-13-6-7-14-24)23-18-11-16-25(17-18)19-9-4-3-5-10-19/h3-5,9-10,18H,2,6-8,11-17H2,1H3,(H2,21,22,23). The summed E-state index contributed by atoms with van der Waals surface area (Å²) in [5, 5.41) is 7.03. The molecule has 1 atom stereocenters. The zero-order valence-corrected chi connectivity index (χ0v) is 15.6. The lowest BCUT2D eigenvalue weighted by atomic mass is 10.3. The number of hydrogen-bond acceptors (Lipinski definition) is 3. The van der Waals surface area contributed by atoms with Gasteiger partial charge in [0.05, 0.1) is 0 Å². The van der Waals surface area contributed by atoms with E-state index in [0.29, 0.717) is 6.04 Å². The number of likely N-dealkylation sites (tertiary alicyclic amines) is 1. The number of nitrogens with one attached hydrogen (secondary N) is 2. The van der Waals surface area contributed by atoms with Gasteiger partial charge in [-0.1, -0.05) is 18.2 Å². The van der Waals surface area contributed by atoms with Crippen LogP contribution in [-0.4, -0.2) is 62.7 Å². The summed E-state index contributed by atoms with van der Waals surface area (Å²) in [6, 6.07) is 11.2. The van der Waals surface area contributed by atoms with Crippen LogP contribution in [0.3, 0.4) is 0 Å². The molecule has 5 nitrogen and oxygen atoms in total. The van der Waals surface area contributed by atoms with Crippen molar-refractivity contribution in [1.29, 1.82) is 0 Å². The summed E-state index contributed by atoms with van der Waals surface area (Å²) in [7, 11) is 0. The van der Waals surface area contributed by atoms with Gasteiger partial charge in [0.25, 0.3) is 0 Å². The Morgan fingerprint density at radius 2 is 1.96 bits per heavy atom. The SMILES string of the molecule is CCNC(=NCCCN1CCCC1)NC1CCN(c2ccccc2)C1. The molecule has 0 bridgehead atoms. The zero-order chi connectivity index (χ0) is 17.3. The van der Waals surface area contributed by atoms with Crippen LogP contribution in [0.25, 0.3) is 0 Å². The van der Waals surface area contributed by atoms with Gasteiger partial charge in [-0.2, -0.15) is 0 Å². The molecule has 0 amide bonds. The Morgan fingerprint density at radius 1 is 1.16 bits per heavy atom. The molecular weight excluding hydrogens is 310 g/mol. The summed E-state index contributed by atoms with van der Waals surface area (Å²) >= 11 is 0. The maximum atomic E-state index is 4.78. The van der Waals surface area contributed by atoms with Crippen molar-refractivity contribution in [3.8, 4) is 0 Å². The number of guanidine groups is 1. The fourth-order valence-corrected chi connectivity index (χ4v) is 3.76. The highest BCUT2D eigenvalue weighted by Crippen LogP contribution is 2.19. The van der Waals surface area contributed by atoms with E-state index in [1.807, 2.05) is 0 Å². The van der Waals surface area contributed by atoms with Gasteiger partial charge < -0.3 is 20.4 Å². The fourth-order valence-electron chi connectivity index (χ4n) is 3.76. The average molecular weight is 344 g/mol. The van der Waals surface area contributed by atoms with Crippen molar-refractivity contribution in [2.24, 2.45) is 4.99 Å². The van der Waals surface area contributed by atoms with E-state index in [2.05, 4.69) is 57.7 Å².